The molecule has 1 aliphatic rings. The number of anilines is 1. The van der Waals surface area contributed by atoms with Gasteiger partial charge < -0.3 is 15.5 Å². The van der Waals surface area contributed by atoms with Gasteiger partial charge in [0.1, 0.15) is 0 Å². The molecule has 1 heterocycles. The Hall–Kier alpha value is -2.04. The number of benzene rings is 1. The van der Waals surface area contributed by atoms with Crippen LogP contribution in [0.3, 0.4) is 0 Å². The van der Waals surface area contributed by atoms with Gasteiger partial charge in [-0.2, -0.15) is 0 Å². The third-order valence-electron chi connectivity index (χ3n) is 3.75. The Balaban J connectivity index is 2.09. The Kier molecular flexibility index (Phi) is 4.27. The van der Waals surface area contributed by atoms with Crippen LogP contribution in [0.4, 0.5) is 5.69 Å². The van der Waals surface area contributed by atoms with Crippen molar-refractivity contribution < 1.29 is 9.59 Å². The van der Waals surface area contributed by atoms with Crippen LogP contribution >= 0.6 is 0 Å². The van der Waals surface area contributed by atoms with Crippen molar-refractivity contribution in [1.29, 1.82) is 0 Å². The molecule has 0 bridgehead atoms. The summed E-state index contributed by atoms with van der Waals surface area (Å²) in [6.45, 7) is 6.07. The molecule has 5 heteroatoms. The summed E-state index contributed by atoms with van der Waals surface area (Å²) < 4.78 is 0. The number of nitrogen functional groups attached to an aromatic ring is 1. The Morgan fingerprint density at radius 3 is 2.40 bits per heavy atom. The van der Waals surface area contributed by atoms with Crippen LogP contribution < -0.4 is 5.73 Å². The number of hydrogen-bond acceptors (Lipinski definition) is 3. The number of amides is 2. The van der Waals surface area contributed by atoms with Crippen LogP contribution in [-0.4, -0.2) is 47.8 Å². The molecule has 0 unspecified atom stereocenters. The molecule has 2 N–H and O–H groups in total. The molecule has 1 fully saturated rings. The molecule has 2 rings (SSSR count). The SMILES string of the molecule is CC(=O)N1CCCN(C(=O)c2ccc(N)c(C)c2)CC1. The fraction of sp³-hybridized carbons (Fsp3) is 0.467. The molecule has 1 aliphatic heterocycles. The molecule has 2 amide bonds. The summed E-state index contributed by atoms with van der Waals surface area (Å²) in [6.07, 6.45) is 0.819. The van der Waals surface area contributed by atoms with Crippen LogP contribution in [-0.2, 0) is 4.79 Å². The third-order valence-corrected chi connectivity index (χ3v) is 3.75. The van der Waals surface area contributed by atoms with Crippen molar-refractivity contribution in [2.24, 2.45) is 0 Å². The fourth-order valence-corrected chi connectivity index (χ4v) is 2.43. The lowest BCUT2D eigenvalue weighted by Crippen LogP contribution is -2.36. The molecule has 1 aromatic rings. The first-order valence-corrected chi connectivity index (χ1v) is 6.90. The van der Waals surface area contributed by atoms with Gasteiger partial charge in [0, 0.05) is 44.4 Å². The van der Waals surface area contributed by atoms with Crippen molar-refractivity contribution in [3.05, 3.63) is 29.3 Å². The van der Waals surface area contributed by atoms with Gasteiger partial charge >= 0.3 is 0 Å². The highest BCUT2D eigenvalue weighted by atomic mass is 16.2. The summed E-state index contributed by atoms with van der Waals surface area (Å²) in [7, 11) is 0. The van der Waals surface area contributed by atoms with Crippen molar-refractivity contribution in [3.8, 4) is 0 Å². The van der Waals surface area contributed by atoms with Gasteiger partial charge in [0.2, 0.25) is 5.91 Å². The first-order chi connectivity index (χ1) is 9.49. The average molecular weight is 275 g/mol. The predicted octanol–water partition coefficient (Wildman–Crippen LogP) is 1.27. The third kappa shape index (κ3) is 3.10. The van der Waals surface area contributed by atoms with Gasteiger partial charge in [-0.15, -0.1) is 0 Å². The second kappa shape index (κ2) is 5.94. The quantitative estimate of drug-likeness (QED) is 0.785. The maximum atomic E-state index is 12.5. The van der Waals surface area contributed by atoms with Gasteiger partial charge in [-0.25, -0.2) is 0 Å². The lowest BCUT2D eigenvalue weighted by Gasteiger charge is -2.21. The van der Waals surface area contributed by atoms with E-state index < -0.39 is 0 Å². The van der Waals surface area contributed by atoms with Gasteiger partial charge in [0.05, 0.1) is 0 Å². The van der Waals surface area contributed by atoms with E-state index in [2.05, 4.69) is 0 Å². The van der Waals surface area contributed by atoms with E-state index in [0.717, 1.165) is 18.5 Å². The smallest absolute Gasteiger partial charge is 0.253 e. The van der Waals surface area contributed by atoms with E-state index in [9.17, 15) is 9.59 Å². The number of aryl methyl sites for hydroxylation is 1. The largest absolute Gasteiger partial charge is 0.399 e. The fourth-order valence-electron chi connectivity index (χ4n) is 2.43. The summed E-state index contributed by atoms with van der Waals surface area (Å²) in [5.74, 6) is 0.0844. The maximum absolute atomic E-state index is 12.5. The molecular formula is C15H21N3O2. The van der Waals surface area contributed by atoms with Crippen LogP contribution in [0.5, 0.6) is 0 Å². The monoisotopic (exact) mass is 275 g/mol. The maximum Gasteiger partial charge on any atom is 0.253 e. The molecule has 20 heavy (non-hydrogen) atoms. The van der Waals surface area contributed by atoms with E-state index in [1.54, 1.807) is 24.0 Å². The van der Waals surface area contributed by atoms with E-state index >= 15 is 0 Å². The molecule has 1 aromatic carbocycles. The van der Waals surface area contributed by atoms with E-state index in [1.165, 1.54) is 0 Å². The topological polar surface area (TPSA) is 66.6 Å². The summed E-state index contributed by atoms with van der Waals surface area (Å²) in [5.41, 5.74) is 8.04. The van der Waals surface area contributed by atoms with Crippen LogP contribution in [0.25, 0.3) is 0 Å². The van der Waals surface area contributed by atoms with E-state index in [0.29, 0.717) is 30.9 Å². The molecule has 0 atom stereocenters. The van der Waals surface area contributed by atoms with Crippen molar-refractivity contribution in [1.82, 2.24) is 9.80 Å². The molecule has 5 nitrogen and oxygen atoms in total. The molecule has 1 saturated heterocycles. The number of nitrogens with zero attached hydrogens (tertiary/aromatic N) is 2. The lowest BCUT2D eigenvalue weighted by molar-refractivity contribution is -0.128. The molecule has 0 spiro atoms. The summed E-state index contributed by atoms with van der Waals surface area (Å²) >= 11 is 0. The zero-order valence-electron chi connectivity index (χ0n) is 12.1. The van der Waals surface area contributed by atoms with Crippen molar-refractivity contribution in [3.63, 3.8) is 0 Å². The summed E-state index contributed by atoms with van der Waals surface area (Å²) in [5, 5.41) is 0. The Bertz CT molecular complexity index is 528. The second-order valence-electron chi connectivity index (χ2n) is 5.22. The highest BCUT2D eigenvalue weighted by Crippen LogP contribution is 2.15. The number of carbonyl (C=O) groups is 2. The van der Waals surface area contributed by atoms with E-state index in [1.807, 2.05) is 17.9 Å². The molecule has 108 valence electrons. The van der Waals surface area contributed by atoms with Crippen molar-refractivity contribution in [2.45, 2.75) is 20.3 Å². The molecule has 0 aliphatic carbocycles. The Labute approximate surface area is 119 Å². The van der Waals surface area contributed by atoms with Gasteiger partial charge in [-0.1, -0.05) is 0 Å². The number of nitrogens with two attached hydrogens (primary N) is 1. The van der Waals surface area contributed by atoms with Gasteiger partial charge in [0.25, 0.3) is 5.91 Å². The van der Waals surface area contributed by atoms with Crippen molar-refractivity contribution in [2.75, 3.05) is 31.9 Å². The predicted molar refractivity (Wildman–Crippen MR) is 78.4 cm³/mol. The van der Waals surface area contributed by atoms with E-state index in [-0.39, 0.29) is 11.8 Å². The van der Waals surface area contributed by atoms with Crippen LogP contribution in [0.2, 0.25) is 0 Å². The first-order valence-electron chi connectivity index (χ1n) is 6.90. The first kappa shape index (κ1) is 14.4. The molecular weight excluding hydrogens is 254 g/mol. The summed E-state index contributed by atoms with van der Waals surface area (Å²) in [4.78, 5) is 27.5. The van der Waals surface area contributed by atoms with Gasteiger partial charge in [0.15, 0.2) is 0 Å². The van der Waals surface area contributed by atoms with Crippen molar-refractivity contribution >= 4 is 17.5 Å². The zero-order chi connectivity index (χ0) is 14.7. The minimum Gasteiger partial charge on any atom is -0.399 e. The average Bonchev–Trinajstić information content (AvgIpc) is 2.67. The Morgan fingerprint density at radius 1 is 1.10 bits per heavy atom. The Morgan fingerprint density at radius 2 is 1.75 bits per heavy atom. The van der Waals surface area contributed by atoms with E-state index in [4.69, 9.17) is 5.73 Å². The minimum absolute atomic E-state index is 0.0125. The summed E-state index contributed by atoms with van der Waals surface area (Å²) in [6, 6.07) is 5.35. The van der Waals surface area contributed by atoms with Crippen LogP contribution in [0.1, 0.15) is 29.3 Å². The standard InChI is InChI=1S/C15H21N3O2/c1-11-10-13(4-5-14(11)16)15(20)18-7-3-6-17(8-9-18)12(2)19/h4-5,10H,3,6-9,16H2,1-2H3. The number of carbonyl (C=O) groups excluding carboxylic acids is 2. The van der Waals surface area contributed by atoms with Crippen LogP contribution in [0, 0.1) is 6.92 Å². The molecule has 0 saturated carbocycles. The zero-order valence-corrected chi connectivity index (χ0v) is 12.1. The number of hydrogen-bond donors (Lipinski definition) is 1. The van der Waals surface area contributed by atoms with Crippen LogP contribution in [0.15, 0.2) is 18.2 Å². The molecule has 0 aromatic heterocycles. The normalized spacial score (nSPS) is 15.9. The van der Waals surface area contributed by atoms with Gasteiger partial charge in [-0.3, -0.25) is 9.59 Å². The highest BCUT2D eigenvalue weighted by molar-refractivity contribution is 5.95. The minimum atomic E-state index is 0.0125. The lowest BCUT2D eigenvalue weighted by atomic mass is 10.1. The molecule has 0 radical (unpaired) electrons. The second-order valence-corrected chi connectivity index (χ2v) is 5.22. The highest BCUT2D eigenvalue weighted by Gasteiger charge is 2.21. The number of rotatable bonds is 1. The van der Waals surface area contributed by atoms with Gasteiger partial charge in [-0.05, 0) is 37.1 Å².